The number of hydrogen-bond donors (Lipinski definition) is 0. The number of anilines is 1. The number of aromatic nitrogens is 2. The Balaban J connectivity index is 1.59. The summed E-state index contributed by atoms with van der Waals surface area (Å²) in [6.45, 7) is 4.13. The van der Waals surface area contributed by atoms with Gasteiger partial charge in [0.2, 0.25) is 11.6 Å². The molecule has 0 bridgehead atoms. The summed E-state index contributed by atoms with van der Waals surface area (Å²) in [6.07, 6.45) is 0.571. The third-order valence-corrected chi connectivity index (χ3v) is 6.25. The van der Waals surface area contributed by atoms with E-state index < -0.39 is 4.92 Å². The van der Waals surface area contributed by atoms with E-state index in [2.05, 4.69) is 4.98 Å². The van der Waals surface area contributed by atoms with Gasteiger partial charge in [-0.2, -0.15) is 0 Å². The molecule has 0 aliphatic carbocycles. The van der Waals surface area contributed by atoms with Crippen molar-refractivity contribution in [2.75, 3.05) is 31.1 Å². The average molecular weight is 488 g/mol. The van der Waals surface area contributed by atoms with Gasteiger partial charge in [-0.25, -0.2) is 0 Å². The summed E-state index contributed by atoms with van der Waals surface area (Å²) in [7, 11) is 0. The van der Waals surface area contributed by atoms with E-state index in [1.807, 2.05) is 46.7 Å². The zero-order valence-electron chi connectivity index (χ0n) is 18.1. The van der Waals surface area contributed by atoms with E-state index in [1.165, 1.54) is 0 Å². The van der Waals surface area contributed by atoms with E-state index in [0.29, 0.717) is 66.4 Å². The first kappa shape index (κ1) is 23.1. The summed E-state index contributed by atoms with van der Waals surface area (Å²) in [6, 6.07) is 14.6. The van der Waals surface area contributed by atoms with Crippen LogP contribution in [0.1, 0.15) is 28.7 Å². The number of piperazine rings is 1. The van der Waals surface area contributed by atoms with Gasteiger partial charge in [0.1, 0.15) is 0 Å². The maximum atomic E-state index is 13.0. The topological polar surface area (TPSA) is 84.5 Å². The normalized spacial score (nSPS) is 13.9. The molecule has 1 saturated heterocycles. The smallest absolute Gasteiger partial charge is 0.358 e. The summed E-state index contributed by atoms with van der Waals surface area (Å²) in [5.74, 6) is 0.811. The van der Waals surface area contributed by atoms with Crippen LogP contribution in [0.15, 0.2) is 48.5 Å². The number of imidazole rings is 1. The number of benzene rings is 2. The quantitative estimate of drug-likeness (QED) is 0.372. The van der Waals surface area contributed by atoms with Crippen LogP contribution in [0.25, 0.3) is 0 Å². The molecule has 1 aliphatic rings. The Labute approximate surface area is 201 Å². The van der Waals surface area contributed by atoms with Crippen molar-refractivity contribution < 1.29 is 9.72 Å². The Morgan fingerprint density at radius 2 is 1.79 bits per heavy atom. The van der Waals surface area contributed by atoms with E-state index >= 15 is 0 Å². The van der Waals surface area contributed by atoms with Crippen molar-refractivity contribution in [3.63, 3.8) is 0 Å². The number of nitrogens with zero attached hydrogens (tertiary/aromatic N) is 5. The second-order valence-corrected chi connectivity index (χ2v) is 8.60. The zero-order chi connectivity index (χ0) is 23.5. The first-order valence-electron chi connectivity index (χ1n) is 10.7. The molecule has 2 aromatic carbocycles. The molecule has 1 aromatic heterocycles. The van der Waals surface area contributed by atoms with Gasteiger partial charge in [-0.3, -0.25) is 9.36 Å². The number of amides is 1. The molecule has 0 atom stereocenters. The second-order valence-electron chi connectivity index (χ2n) is 7.76. The molecule has 4 rings (SSSR count). The molecular formula is C23H23Cl2N5O3. The molecular weight excluding hydrogens is 465 g/mol. The van der Waals surface area contributed by atoms with Gasteiger partial charge in [-0.1, -0.05) is 60.5 Å². The highest BCUT2D eigenvalue weighted by molar-refractivity contribution is 6.36. The third-order valence-electron chi connectivity index (χ3n) is 5.70. The van der Waals surface area contributed by atoms with Gasteiger partial charge in [-0.15, -0.1) is 0 Å². The van der Waals surface area contributed by atoms with Crippen LogP contribution >= 0.6 is 23.2 Å². The van der Waals surface area contributed by atoms with Crippen LogP contribution in [0.2, 0.25) is 10.0 Å². The highest BCUT2D eigenvalue weighted by atomic mass is 35.5. The Morgan fingerprint density at radius 3 is 2.39 bits per heavy atom. The summed E-state index contributed by atoms with van der Waals surface area (Å²) in [5, 5.41) is 12.6. The minimum atomic E-state index is -0.430. The van der Waals surface area contributed by atoms with Crippen molar-refractivity contribution in [1.82, 2.24) is 14.5 Å². The number of nitro groups is 1. The summed E-state index contributed by atoms with van der Waals surface area (Å²) < 4.78 is 1.92. The number of hydrogen-bond acceptors (Lipinski definition) is 5. The standard InChI is InChI=1S/C23H23Cl2N5O3/c1-2-20-26-21(30(32)33)22(29(20)15-16-6-4-3-5-7-16)27-10-12-28(13-11-27)23(31)18-9-8-17(24)14-19(18)25/h3-9,14H,2,10-13,15H2,1H3. The van der Waals surface area contributed by atoms with Gasteiger partial charge in [0.05, 0.1) is 17.1 Å². The lowest BCUT2D eigenvalue weighted by molar-refractivity contribution is -0.388. The molecule has 8 nitrogen and oxygen atoms in total. The molecule has 0 spiro atoms. The van der Waals surface area contributed by atoms with Crippen molar-refractivity contribution in [1.29, 1.82) is 0 Å². The van der Waals surface area contributed by atoms with Crippen LogP contribution in [-0.2, 0) is 13.0 Å². The number of aryl methyl sites for hydroxylation is 1. The predicted molar refractivity (Wildman–Crippen MR) is 128 cm³/mol. The highest BCUT2D eigenvalue weighted by Gasteiger charge is 2.33. The van der Waals surface area contributed by atoms with Crippen LogP contribution in [0.3, 0.4) is 0 Å². The van der Waals surface area contributed by atoms with Gasteiger partial charge in [0.15, 0.2) is 0 Å². The Morgan fingerprint density at radius 1 is 1.09 bits per heavy atom. The van der Waals surface area contributed by atoms with Crippen molar-refractivity contribution in [2.24, 2.45) is 0 Å². The van der Waals surface area contributed by atoms with Gasteiger partial charge in [0, 0.05) is 37.6 Å². The molecule has 0 N–H and O–H groups in total. The molecule has 1 aliphatic heterocycles. The van der Waals surface area contributed by atoms with Gasteiger partial charge >= 0.3 is 5.82 Å². The molecule has 33 heavy (non-hydrogen) atoms. The van der Waals surface area contributed by atoms with Crippen molar-refractivity contribution in [3.05, 3.63) is 85.6 Å². The summed E-state index contributed by atoms with van der Waals surface area (Å²) in [5.41, 5.74) is 1.43. The number of rotatable bonds is 6. The maximum Gasteiger partial charge on any atom is 0.406 e. The molecule has 2 heterocycles. The summed E-state index contributed by atoms with van der Waals surface area (Å²) in [4.78, 5) is 32.3. The zero-order valence-corrected chi connectivity index (χ0v) is 19.6. The van der Waals surface area contributed by atoms with Crippen LogP contribution in [0, 0.1) is 10.1 Å². The van der Waals surface area contributed by atoms with Crippen LogP contribution in [-0.4, -0.2) is 51.5 Å². The van der Waals surface area contributed by atoms with E-state index in [4.69, 9.17) is 23.2 Å². The van der Waals surface area contributed by atoms with Crippen molar-refractivity contribution >= 4 is 40.7 Å². The van der Waals surface area contributed by atoms with Gasteiger partial charge in [-0.05, 0) is 33.7 Å². The lowest BCUT2D eigenvalue weighted by Gasteiger charge is -2.35. The third kappa shape index (κ3) is 4.82. The number of carbonyl (C=O) groups is 1. The largest absolute Gasteiger partial charge is 0.406 e. The predicted octanol–water partition coefficient (Wildman–Crippen LogP) is 4.67. The molecule has 3 aromatic rings. The number of carbonyl (C=O) groups excluding carboxylic acids is 1. The minimum absolute atomic E-state index is 0.150. The first-order chi connectivity index (χ1) is 15.9. The molecule has 172 valence electrons. The number of halogens is 2. The van der Waals surface area contributed by atoms with E-state index in [-0.39, 0.29) is 11.7 Å². The monoisotopic (exact) mass is 487 g/mol. The second kappa shape index (κ2) is 9.80. The Bertz CT molecular complexity index is 1170. The first-order valence-corrected chi connectivity index (χ1v) is 11.4. The van der Waals surface area contributed by atoms with Crippen LogP contribution in [0.4, 0.5) is 11.6 Å². The van der Waals surface area contributed by atoms with Gasteiger partial charge < -0.3 is 19.9 Å². The highest BCUT2D eigenvalue weighted by Crippen LogP contribution is 2.32. The van der Waals surface area contributed by atoms with Crippen molar-refractivity contribution in [2.45, 2.75) is 19.9 Å². The molecule has 0 saturated carbocycles. The Kier molecular flexibility index (Phi) is 6.85. The van der Waals surface area contributed by atoms with E-state index in [0.717, 1.165) is 5.56 Å². The molecule has 1 fully saturated rings. The fourth-order valence-electron chi connectivity index (χ4n) is 4.07. The average Bonchev–Trinajstić information content (AvgIpc) is 3.18. The van der Waals surface area contributed by atoms with Crippen LogP contribution < -0.4 is 4.90 Å². The minimum Gasteiger partial charge on any atom is -0.358 e. The maximum absolute atomic E-state index is 13.0. The Hall–Kier alpha value is -3.10. The summed E-state index contributed by atoms with van der Waals surface area (Å²) >= 11 is 12.2. The SMILES string of the molecule is CCc1nc([N+](=O)[O-])c(N2CCN(C(=O)c3ccc(Cl)cc3Cl)CC2)n1Cc1ccccc1. The molecule has 0 unspecified atom stereocenters. The van der Waals surface area contributed by atoms with E-state index in [9.17, 15) is 14.9 Å². The van der Waals surface area contributed by atoms with Gasteiger partial charge in [0.25, 0.3) is 5.91 Å². The fraction of sp³-hybridized carbons (Fsp3) is 0.304. The molecule has 10 heteroatoms. The van der Waals surface area contributed by atoms with Crippen molar-refractivity contribution in [3.8, 4) is 0 Å². The lowest BCUT2D eigenvalue weighted by atomic mass is 10.1. The lowest BCUT2D eigenvalue weighted by Crippen LogP contribution is -2.49. The molecule has 1 amide bonds. The van der Waals surface area contributed by atoms with E-state index in [1.54, 1.807) is 23.1 Å². The van der Waals surface area contributed by atoms with Crippen LogP contribution in [0.5, 0.6) is 0 Å². The molecule has 0 radical (unpaired) electrons. The fourth-order valence-corrected chi connectivity index (χ4v) is 4.56.